The van der Waals surface area contributed by atoms with E-state index in [4.69, 9.17) is 5.73 Å². The molecule has 0 heterocycles. The lowest BCUT2D eigenvalue weighted by atomic mass is 10.0. The zero-order valence-corrected chi connectivity index (χ0v) is 16.2. The summed E-state index contributed by atoms with van der Waals surface area (Å²) in [5, 5.41) is -0.329. The second-order valence-corrected chi connectivity index (χ2v) is 9.11. The number of benzene rings is 2. The molecule has 2 aromatic rings. The lowest BCUT2D eigenvalue weighted by Crippen LogP contribution is -2.39. The average Bonchev–Trinajstić information content (AvgIpc) is 2.73. The van der Waals surface area contributed by atoms with Crippen molar-refractivity contribution in [2.45, 2.75) is 43.9 Å². The SMILES string of the molecule is NCC(=O)c1ccc(CN(c2ccccc2)S(=O)(=O)C2CCCCC2)cc1. The minimum atomic E-state index is -3.46. The van der Waals surface area contributed by atoms with Crippen molar-refractivity contribution >= 4 is 21.5 Å². The summed E-state index contributed by atoms with van der Waals surface area (Å²) >= 11 is 0. The Morgan fingerprint density at radius 3 is 2.19 bits per heavy atom. The first kappa shape index (κ1) is 19.6. The monoisotopic (exact) mass is 386 g/mol. The largest absolute Gasteiger partial charge is 0.324 e. The van der Waals surface area contributed by atoms with Gasteiger partial charge < -0.3 is 5.73 Å². The quantitative estimate of drug-likeness (QED) is 0.739. The predicted octanol–water partition coefficient (Wildman–Crippen LogP) is 3.50. The van der Waals surface area contributed by atoms with Crippen LogP contribution < -0.4 is 10.0 Å². The Balaban J connectivity index is 1.90. The highest BCUT2D eigenvalue weighted by molar-refractivity contribution is 7.93. The smallest absolute Gasteiger partial charge is 0.238 e. The third kappa shape index (κ3) is 4.57. The normalized spacial score (nSPS) is 15.4. The Hall–Kier alpha value is -2.18. The van der Waals surface area contributed by atoms with E-state index < -0.39 is 10.0 Å². The third-order valence-corrected chi connectivity index (χ3v) is 7.38. The average molecular weight is 387 g/mol. The molecule has 0 unspecified atom stereocenters. The van der Waals surface area contributed by atoms with Crippen molar-refractivity contribution in [2.24, 2.45) is 5.73 Å². The van der Waals surface area contributed by atoms with Gasteiger partial charge >= 0.3 is 0 Å². The van der Waals surface area contributed by atoms with Gasteiger partial charge in [0.1, 0.15) is 0 Å². The fourth-order valence-corrected chi connectivity index (χ4v) is 5.58. The van der Waals surface area contributed by atoms with Crippen LogP contribution in [0.2, 0.25) is 0 Å². The molecule has 2 aromatic carbocycles. The lowest BCUT2D eigenvalue weighted by Gasteiger charge is -2.31. The summed E-state index contributed by atoms with van der Waals surface area (Å²) < 4.78 is 28.3. The van der Waals surface area contributed by atoms with Gasteiger partial charge in [-0.3, -0.25) is 9.10 Å². The highest BCUT2D eigenvalue weighted by atomic mass is 32.2. The Labute approximate surface area is 161 Å². The van der Waals surface area contributed by atoms with Crippen molar-refractivity contribution in [3.05, 3.63) is 65.7 Å². The summed E-state index contributed by atoms with van der Waals surface area (Å²) in [5.74, 6) is -0.128. The van der Waals surface area contributed by atoms with Crippen molar-refractivity contribution in [2.75, 3.05) is 10.8 Å². The molecule has 144 valence electrons. The number of ketones is 1. The number of nitrogens with two attached hydrogens (primary N) is 1. The zero-order valence-electron chi connectivity index (χ0n) is 15.4. The second-order valence-electron chi connectivity index (χ2n) is 6.97. The second kappa shape index (κ2) is 8.67. The first-order valence-electron chi connectivity index (χ1n) is 9.41. The van der Waals surface area contributed by atoms with Gasteiger partial charge in [0.2, 0.25) is 10.0 Å². The molecule has 0 saturated heterocycles. The molecule has 0 radical (unpaired) electrons. The summed E-state index contributed by atoms with van der Waals surface area (Å²) in [6.45, 7) is 0.214. The standard InChI is InChI=1S/C21H26N2O3S/c22-15-21(24)18-13-11-17(12-14-18)16-23(19-7-3-1-4-8-19)27(25,26)20-9-5-2-6-10-20/h1,3-4,7-8,11-14,20H,2,5-6,9-10,15-16,22H2. The minimum absolute atomic E-state index is 0.0362. The number of carbonyl (C=O) groups excluding carboxylic acids is 1. The molecule has 0 aliphatic heterocycles. The van der Waals surface area contributed by atoms with Gasteiger partial charge in [0, 0.05) is 5.56 Å². The number of rotatable bonds is 7. The highest BCUT2D eigenvalue weighted by Gasteiger charge is 2.33. The summed E-state index contributed by atoms with van der Waals surface area (Å²) in [5.41, 5.74) is 7.46. The molecule has 0 atom stereocenters. The van der Waals surface area contributed by atoms with E-state index in [0.717, 1.165) is 37.7 Å². The maximum absolute atomic E-state index is 13.4. The lowest BCUT2D eigenvalue weighted by molar-refractivity contribution is 0.100. The molecule has 1 fully saturated rings. The van der Waals surface area contributed by atoms with Gasteiger partial charge in [-0.2, -0.15) is 0 Å². The first-order chi connectivity index (χ1) is 13.0. The van der Waals surface area contributed by atoms with Gasteiger partial charge in [0.25, 0.3) is 0 Å². The van der Waals surface area contributed by atoms with Crippen LogP contribution in [0.5, 0.6) is 0 Å². The van der Waals surface area contributed by atoms with Gasteiger partial charge in [-0.05, 0) is 30.5 Å². The molecule has 27 heavy (non-hydrogen) atoms. The first-order valence-corrected chi connectivity index (χ1v) is 10.9. The maximum Gasteiger partial charge on any atom is 0.238 e. The Bertz CT molecular complexity index is 858. The predicted molar refractivity (Wildman–Crippen MR) is 108 cm³/mol. The minimum Gasteiger partial charge on any atom is -0.324 e. The van der Waals surface area contributed by atoms with Crippen molar-refractivity contribution < 1.29 is 13.2 Å². The molecule has 0 amide bonds. The van der Waals surface area contributed by atoms with Gasteiger partial charge in [-0.15, -0.1) is 0 Å². The van der Waals surface area contributed by atoms with Crippen LogP contribution >= 0.6 is 0 Å². The van der Waals surface area contributed by atoms with Crippen LogP contribution in [0.15, 0.2) is 54.6 Å². The van der Waals surface area contributed by atoms with E-state index in [0.29, 0.717) is 11.3 Å². The van der Waals surface area contributed by atoms with E-state index in [1.807, 2.05) is 30.3 Å². The summed E-state index contributed by atoms with van der Waals surface area (Å²) in [6.07, 6.45) is 4.46. The van der Waals surface area contributed by atoms with Crippen molar-refractivity contribution in [1.29, 1.82) is 0 Å². The summed E-state index contributed by atoms with van der Waals surface area (Å²) in [6, 6.07) is 16.2. The van der Waals surface area contributed by atoms with Crippen LogP contribution in [0.1, 0.15) is 48.0 Å². The van der Waals surface area contributed by atoms with Crippen molar-refractivity contribution in [3.63, 3.8) is 0 Å². The van der Waals surface area contributed by atoms with Gasteiger partial charge in [0.15, 0.2) is 5.78 Å². The molecule has 5 nitrogen and oxygen atoms in total. The van der Waals surface area contributed by atoms with Gasteiger partial charge in [-0.1, -0.05) is 61.7 Å². The summed E-state index contributed by atoms with van der Waals surface area (Å²) in [4.78, 5) is 11.7. The molecule has 1 saturated carbocycles. The van der Waals surface area contributed by atoms with E-state index in [9.17, 15) is 13.2 Å². The highest BCUT2D eigenvalue weighted by Crippen LogP contribution is 2.30. The number of hydrogen-bond donors (Lipinski definition) is 1. The van der Waals surface area contributed by atoms with Crippen LogP contribution in [-0.2, 0) is 16.6 Å². The van der Waals surface area contributed by atoms with E-state index in [2.05, 4.69) is 0 Å². The molecular weight excluding hydrogens is 360 g/mol. The maximum atomic E-state index is 13.4. The topological polar surface area (TPSA) is 80.5 Å². The van der Waals surface area contributed by atoms with Crippen LogP contribution in [0.3, 0.4) is 0 Å². The van der Waals surface area contributed by atoms with E-state index in [-0.39, 0.29) is 24.1 Å². The van der Waals surface area contributed by atoms with E-state index >= 15 is 0 Å². The molecule has 1 aliphatic rings. The number of sulfonamides is 1. The number of hydrogen-bond acceptors (Lipinski definition) is 4. The molecular formula is C21H26N2O3S. The Morgan fingerprint density at radius 1 is 0.963 bits per heavy atom. The Kier molecular flexibility index (Phi) is 6.29. The van der Waals surface area contributed by atoms with Crippen LogP contribution in [0, 0.1) is 0 Å². The number of Topliss-reactive ketones (excluding diaryl/α,β-unsaturated/α-hetero) is 1. The fourth-order valence-electron chi connectivity index (χ4n) is 3.55. The van der Waals surface area contributed by atoms with E-state index in [1.54, 1.807) is 24.3 Å². The Morgan fingerprint density at radius 2 is 1.59 bits per heavy atom. The molecule has 1 aliphatic carbocycles. The number of nitrogens with zero attached hydrogens (tertiary/aromatic N) is 1. The molecule has 0 bridgehead atoms. The van der Waals surface area contributed by atoms with Crippen LogP contribution in [0.4, 0.5) is 5.69 Å². The third-order valence-electron chi connectivity index (χ3n) is 5.11. The molecule has 0 aromatic heterocycles. The van der Waals surface area contributed by atoms with Crippen molar-refractivity contribution in [3.8, 4) is 0 Å². The number of para-hydroxylation sites is 1. The van der Waals surface area contributed by atoms with Gasteiger partial charge in [0.05, 0.1) is 24.0 Å². The number of carbonyl (C=O) groups is 1. The van der Waals surface area contributed by atoms with Crippen LogP contribution in [0.25, 0.3) is 0 Å². The summed E-state index contributed by atoms with van der Waals surface area (Å²) in [7, 11) is -3.46. The fraction of sp³-hybridized carbons (Fsp3) is 0.381. The molecule has 0 spiro atoms. The van der Waals surface area contributed by atoms with E-state index in [1.165, 1.54) is 4.31 Å². The molecule has 6 heteroatoms. The molecule has 3 rings (SSSR count). The van der Waals surface area contributed by atoms with Crippen LogP contribution in [-0.4, -0.2) is 26.0 Å². The van der Waals surface area contributed by atoms with Crippen molar-refractivity contribution in [1.82, 2.24) is 0 Å². The van der Waals surface area contributed by atoms with Gasteiger partial charge in [-0.25, -0.2) is 8.42 Å². The number of anilines is 1. The molecule has 2 N–H and O–H groups in total. The zero-order chi connectivity index (χ0) is 19.3.